The molecule has 6 nitrogen and oxygen atoms in total. The first-order valence-electron chi connectivity index (χ1n) is 7.40. The van der Waals surface area contributed by atoms with E-state index in [2.05, 4.69) is 5.32 Å². The van der Waals surface area contributed by atoms with Crippen LogP contribution >= 0.6 is 0 Å². The molecule has 1 N–H and O–H groups in total. The van der Waals surface area contributed by atoms with Gasteiger partial charge in [0.2, 0.25) is 11.8 Å². The van der Waals surface area contributed by atoms with Gasteiger partial charge in [-0.15, -0.1) is 0 Å². The van der Waals surface area contributed by atoms with E-state index >= 15 is 0 Å². The molecule has 24 heavy (non-hydrogen) atoms. The van der Waals surface area contributed by atoms with Crippen molar-refractivity contribution in [3.8, 4) is 11.5 Å². The molecule has 2 amide bonds. The first-order valence-corrected chi connectivity index (χ1v) is 7.40. The molecule has 0 aliphatic rings. The average molecular weight is 328 g/mol. The van der Waals surface area contributed by atoms with Crippen LogP contribution in [0.4, 0.5) is 11.4 Å². The Morgan fingerprint density at radius 1 is 1.04 bits per heavy atom. The number of hydrogen-bond donors (Lipinski definition) is 1. The number of carbonyl (C=O) groups is 2. The maximum Gasteiger partial charge on any atom is 0.244 e. The molecule has 0 fully saturated rings. The molecule has 0 heterocycles. The van der Waals surface area contributed by atoms with Gasteiger partial charge in [0.1, 0.15) is 18.0 Å². The van der Waals surface area contributed by atoms with Crippen molar-refractivity contribution < 1.29 is 19.1 Å². The van der Waals surface area contributed by atoms with Gasteiger partial charge >= 0.3 is 0 Å². The van der Waals surface area contributed by atoms with Crippen LogP contribution in [-0.4, -0.2) is 32.6 Å². The summed E-state index contributed by atoms with van der Waals surface area (Å²) in [7, 11) is 3.05. The summed E-state index contributed by atoms with van der Waals surface area (Å²) in [6.45, 7) is 1.28. The van der Waals surface area contributed by atoms with Crippen LogP contribution < -0.4 is 19.7 Å². The molecule has 0 radical (unpaired) electrons. The quantitative estimate of drug-likeness (QED) is 0.885. The van der Waals surface area contributed by atoms with Gasteiger partial charge in [0.05, 0.1) is 19.9 Å². The van der Waals surface area contributed by atoms with Crippen LogP contribution in [0.2, 0.25) is 0 Å². The van der Waals surface area contributed by atoms with E-state index in [0.29, 0.717) is 22.9 Å². The van der Waals surface area contributed by atoms with Gasteiger partial charge in [0, 0.05) is 18.7 Å². The third-order valence-corrected chi connectivity index (χ3v) is 3.42. The second-order valence-corrected chi connectivity index (χ2v) is 5.06. The number of amides is 2. The van der Waals surface area contributed by atoms with Crippen LogP contribution in [0.5, 0.6) is 11.5 Å². The number of ether oxygens (including phenoxy) is 2. The third kappa shape index (κ3) is 4.25. The lowest BCUT2D eigenvalue weighted by molar-refractivity contribution is -0.120. The normalized spacial score (nSPS) is 9.96. The van der Waals surface area contributed by atoms with E-state index in [1.807, 2.05) is 18.2 Å². The maximum absolute atomic E-state index is 12.3. The van der Waals surface area contributed by atoms with Crippen molar-refractivity contribution in [3.63, 3.8) is 0 Å². The molecule has 0 aliphatic heterocycles. The SMILES string of the molecule is COc1ccc(N(CC(=O)Nc2ccccc2)C(C)=O)c(OC)c1. The molecule has 0 aromatic heterocycles. The van der Waals surface area contributed by atoms with Gasteiger partial charge in [0.25, 0.3) is 0 Å². The Kier molecular flexibility index (Phi) is 5.78. The van der Waals surface area contributed by atoms with Crippen LogP contribution in [0.3, 0.4) is 0 Å². The highest BCUT2D eigenvalue weighted by atomic mass is 16.5. The lowest BCUT2D eigenvalue weighted by atomic mass is 10.2. The summed E-state index contributed by atoms with van der Waals surface area (Å²) in [4.78, 5) is 25.6. The zero-order valence-electron chi connectivity index (χ0n) is 13.9. The number of rotatable bonds is 6. The zero-order chi connectivity index (χ0) is 17.5. The number of nitrogens with zero attached hydrogens (tertiary/aromatic N) is 1. The highest BCUT2D eigenvalue weighted by Gasteiger charge is 2.20. The van der Waals surface area contributed by atoms with Gasteiger partial charge in [0.15, 0.2) is 0 Å². The highest BCUT2D eigenvalue weighted by molar-refractivity contribution is 6.02. The minimum absolute atomic E-state index is 0.118. The fraction of sp³-hybridized carbons (Fsp3) is 0.222. The molecule has 0 spiro atoms. The molecule has 6 heteroatoms. The van der Waals surface area contributed by atoms with Gasteiger partial charge in [-0.05, 0) is 24.3 Å². The first kappa shape index (κ1) is 17.3. The zero-order valence-corrected chi connectivity index (χ0v) is 13.9. The number of carbonyl (C=O) groups excluding carboxylic acids is 2. The van der Waals surface area contributed by atoms with Crippen molar-refractivity contribution in [1.82, 2.24) is 0 Å². The van der Waals surface area contributed by atoms with E-state index in [1.54, 1.807) is 37.4 Å². The second kappa shape index (κ2) is 8.01. The van der Waals surface area contributed by atoms with Crippen LogP contribution in [0.1, 0.15) is 6.92 Å². The molecule has 2 rings (SSSR count). The first-order chi connectivity index (χ1) is 11.5. The molecule has 0 aliphatic carbocycles. The van der Waals surface area contributed by atoms with Gasteiger partial charge in [-0.1, -0.05) is 18.2 Å². The fourth-order valence-electron chi connectivity index (χ4n) is 2.24. The van der Waals surface area contributed by atoms with Crippen molar-refractivity contribution >= 4 is 23.2 Å². The minimum atomic E-state index is -0.297. The number of nitrogens with one attached hydrogen (secondary N) is 1. The number of anilines is 2. The summed E-state index contributed by atoms with van der Waals surface area (Å²) in [6, 6.07) is 14.1. The Bertz CT molecular complexity index is 716. The Labute approximate surface area is 141 Å². The Hall–Kier alpha value is -3.02. The van der Waals surface area contributed by atoms with Gasteiger partial charge in [-0.25, -0.2) is 0 Å². The standard InChI is InChI=1S/C18H20N2O4/c1-13(21)20(12-18(22)19-14-7-5-4-6-8-14)16-10-9-15(23-2)11-17(16)24-3/h4-11H,12H2,1-3H3,(H,19,22). The molecular formula is C18H20N2O4. The molecular weight excluding hydrogens is 308 g/mol. The van der Waals surface area contributed by atoms with E-state index in [-0.39, 0.29) is 18.4 Å². The Balaban J connectivity index is 2.20. The molecule has 0 saturated carbocycles. The largest absolute Gasteiger partial charge is 0.497 e. The van der Waals surface area contributed by atoms with Crippen molar-refractivity contribution in [2.24, 2.45) is 0 Å². The topological polar surface area (TPSA) is 67.9 Å². The van der Waals surface area contributed by atoms with Crippen LogP contribution in [0.15, 0.2) is 48.5 Å². The molecule has 0 saturated heterocycles. The van der Waals surface area contributed by atoms with E-state index < -0.39 is 0 Å². The van der Waals surface area contributed by atoms with Gasteiger partial charge in [-0.3, -0.25) is 14.5 Å². The van der Waals surface area contributed by atoms with Crippen LogP contribution in [0, 0.1) is 0 Å². The monoisotopic (exact) mass is 328 g/mol. The Morgan fingerprint density at radius 2 is 1.75 bits per heavy atom. The van der Waals surface area contributed by atoms with Gasteiger partial charge in [-0.2, -0.15) is 0 Å². The minimum Gasteiger partial charge on any atom is -0.497 e. The fourth-order valence-corrected chi connectivity index (χ4v) is 2.24. The third-order valence-electron chi connectivity index (χ3n) is 3.42. The van der Waals surface area contributed by atoms with Crippen molar-refractivity contribution in [2.45, 2.75) is 6.92 Å². The molecule has 2 aromatic rings. The smallest absolute Gasteiger partial charge is 0.244 e. The van der Waals surface area contributed by atoms with Gasteiger partial charge < -0.3 is 14.8 Å². The Morgan fingerprint density at radius 3 is 2.33 bits per heavy atom. The van der Waals surface area contributed by atoms with Crippen LogP contribution in [-0.2, 0) is 9.59 Å². The molecule has 0 atom stereocenters. The van der Waals surface area contributed by atoms with Crippen LogP contribution in [0.25, 0.3) is 0 Å². The molecule has 2 aromatic carbocycles. The van der Waals surface area contributed by atoms with E-state index in [1.165, 1.54) is 18.9 Å². The summed E-state index contributed by atoms with van der Waals surface area (Å²) in [6.07, 6.45) is 0. The summed E-state index contributed by atoms with van der Waals surface area (Å²) in [5.41, 5.74) is 1.18. The molecule has 126 valence electrons. The summed E-state index contributed by atoms with van der Waals surface area (Å²) in [5.74, 6) is 0.501. The number of methoxy groups -OCH3 is 2. The lowest BCUT2D eigenvalue weighted by Gasteiger charge is -2.23. The van der Waals surface area contributed by atoms with Crippen molar-refractivity contribution in [1.29, 1.82) is 0 Å². The van der Waals surface area contributed by atoms with E-state index in [0.717, 1.165) is 0 Å². The summed E-state index contributed by atoms with van der Waals surface area (Å²) < 4.78 is 10.5. The highest BCUT2D eigenvalue weighted by Crippen LogP contribution is 2.32. The predicted molar refractivity (Wildman–Crippen MR) is 92.6 cm³/mol. The van der Waals surface area contributed by atoms with Crippen molar-refractivity contribution in [2.75, 3.05) is 31.0 Å². The average Bonchev–Trinajstić information content (AvgIpc) is 2.59. The summed E-state index contributed by atoms with van der Waals surface area (Å²) in [5, 5.41) is 2.76. The van der Waals surface area contributed by atoms with E-state index in [9.17, 15) is 9.59 Å². The number of para-hydroxylation sites is 1. The molecule has 0 bridgehead atoms. The number of hydrogen-bond acceptors (Lipinski definition) is 4. The predicted octanol–water partition coefficient (Wildman–Crippen LogP) is 2.70. The maximum atomic E-state index is 12.3. The lowest BCUT2D eigenvalue weighted by Crippen LogP contribution is -2.36. The molecule has 0 unspecified atom stereocenters. The second-order valence-electron chi connectivity index (χ2n) is 5.06. The number of benzene rings is 2. The summed E-state index contributed by atoms with van der Waals surface area (Å²) >= 11 is 0. The van der Waals surface area contributed by atoms with E-state index in [4.69, 9.17) is 9.47 Å². The van der Waals surface area contributed by atoms with Crippen molar-refractivity contribution in [3.05, 3.63) is 48.5 Å².